The maximum absolute atomic E-state index is 5.78. The Balaban J connectivity index is 1.74. The van der Waals surface area contributed by atoms with E-state index in [0.717, 1.165) is 56.0 Å². The molecule has 0 bridgehead atoms. The van der Waals surface area contributed by atoms with Crippen LogP contribution in [0, 0.1) is 5.92 Å². The molecule has 1 aliphatic rings. The summed E-state index contributed by atoms with van der Waals surface area (Å²) in [6.45, 7) is 8.88. The average molecular weight is 479 g/mol. The van der Waals surface area contributed by atoms with Crippen molar-refractivity contribution in [1.82, 2.24) is 4.98 Å². The zero-order valence-electron chi connectivity index (χ0n) is 21.9. The Morgan fingerprint density at radius 3 is 2.19 bits per heavy atom. The highest BCUT2D eigenvalue weighted by atomic mass is 16.5. The van der Waals surface area contributed by atoms with E-state index >= 15 is 0 Å². The summed E-state index contributed by atoms with van der Waals surface area (Å²) >= 11 is 0. The van der Waals surface area contributed by atoms with E-state index in [9.17, 15) is 0 Å². The number of aromatic nitrogens is 1. The number of rotatable bonds is 6. The third-order valence-corrected chi connectivity index (χ3v) is 7.31. The first-order chi connectivity index (χ1) is 17.4. The molecule has 0 radical (unpaired) electrons. The van der Waals surface area contributed by atoms with E-state index in [4.69, 9.17) is 14.5 Å². The zero-order chi connectivity index (χ0) is 25.4. The molecule has 0 saturated carbocycles. The summed E-state index contributed by atoms with van der Waals surface area (Å²) in [5.41, 5.74) is 7.12. The molecule has 0 spiro atoms. The van der Waals surface area contributed by atoms with Gasteiger partial charge in [0.15, 0.2) is 0 Å². The smallest absolute Gasteiger partial charge is 0.126 e. The van der Waals surface area contributed by atoms with Crippen LogP contribution in [0.5, 0.6) is 11.5 Å². The summed E-state index contributed by atoms with van der Waals surface area (Å²) in [7, 11) is 3.46. The fourth-order valence-electron chi connectivity index (χ4n) is 5.32. The van der Waals surface area contributed by atoms with Gasteiger partial charge in [0.1, 0.15) is 11.5 Å². The lowest BCUT2D eigenvalue weighted by Crippen LogP contribution is -2.40. The third-order valence-electron chi connectivity index (χ3n) is 7.31. The number of fused-ring (bicyclic) bond motifs is 3. The number of methoxy groups -OCH3 is 2. The fraction of sp³-hybridized carbons (Fsp3) is 0.281. The van der Waals surface area contributed by atoms with Gasteiger partial charge >= 0.3 is 0 Å². The van der Waals surface area contributed by atoms with Crippen LogP contribution in [-0.4, -0.2) is 19.2 Å². The van der Waals surface area contributed by atoms with Crippen molar-refractivity contribution in [3.05, 3.63) is 89.6 Å². The molecule has 4 heteroatoms. The molecule has 4 aromatic rings. The molecule has 1 unspecified atom stereocenters. The van der Waals surface area contributed by atoms with Gasteiger partial charge in [-0.1, -0.05) is 88.4 Å². The Labute approximate surface area is 214 Å². The number of benzene rings is 3. The minimum absolute atomic E-state index is 0.244. The molecule has 1 atom stereocenters. The second kappa shape index (κ2) is 9.34. The standard InChI is InChI=1S/C32H34N2O2/c1-20(2)29-25(24-11-7-9-13-27(24)35-5)19-23-16-15-22-17-18-32(21(3)4,34-31(22)30(23)33-29)26-12-8-10-14-28(26)36-6/h7-21,34H,1-6H3. The summed E-state index contributed by atoms with van der Waals surface area (Å²) in [5.74, 6) is 2.25. The molecule has 4 nitrogen and oxygen atoms in total. The Kier molecular flexibility index (Phi) is 6.21. The zero-order valence-corrected chi connectivity index (χ0v) is 21.9. The third kappa shape index (κ3) is 3.81. The summed E-state index contributed by atoms with van der Waals surface area (Å²) in [5, 5.41) is 5.03. The summed E-state index contributed by atoms with van der Waals surface area (Å²) < 4.78 is 11.5. The number of hydrogen-bond acceptors (Lipinski definition) is 4. The minimum Gasteiger partial charge on any atom is -0.496 e. The highest BCUT2D eigenvalue weighted by Crippen LogP contribution is 2.46. The molecule has 5 rings (SSSR count). The molecular formula is C32H34N2O2. The number of ether oxygens (including phenoxy) is 2. The molecule has 0 amide bonds. The predicted molar refractivity (Wildman–Crippen MR) is 150 cm³/mol. The molecule has 1 aromatic heterocycles. The molecule has 1 N–H and O–H groups in total. The highest BCUT2D eigenvalue weighted by Gasteiger charge is 2.38. The summed E-state index contributed by atoms with van der Waals surface area (Å²) in [4.78, 5) is 5.32. The van der Waals surface area contributed by atoms with Crippen molar-refractivity contribution in [2.75, 3.05) is 19.5 Å². The number of para-hydroxylation sites is 2. The van der Waals surface area contributed by atoms with Crippen LogP contribution >= 0.6 is 0 Å². The van der Waals surface area contributed by atoms with Crippen molar-refractivity contribution in [2.24, 2.45) is 5.92 Å². The van der Waals surface area contributed by atoms with Gasteiger partial charge in [-0.3, -0.25) is 0 Å². The lowest BCUT2D eigenvalue weighted by molar-refractivity contribution is 0.375. The number of pyridine rings is 1. The topological polar surface area (TPSA) is 43.4 Å². The second-order valence-corrected chi connectivity index (χ2v) is 10.1. The van der Waals surface area contributed by atoms with Gasteiger partial charge in [0.25, 0.3) is 0 Å². The normalized spacial score (nSPS) is 16.8. The monoisotopic (exact) mass is 478 g/mol. The van der Waals surface area contributed by atoms with E-state index in [2.05, 4.69) is 87.6 Å². The van der Waals surface area contributed by atoms with Crippen LogP contribution in [0.25, 0.3) is 28.1 Å². The first-order valence-electron chi connectivity index (χ1n) is 12.6. The molecule has 0 fully saturated rings. The maximum atomic E-state index is 5.78. The van der Waals surface area contributed by atoms with E-state index in [-0.39, 0.29) is 11.8 Å². The number of anilines is 1. The Hall–Kier alpha value is -3.79. The molecule has 36 heavy (non-hydrogen) atoms. The van der Waals surface area contributed by atoms with Crippen molar-refractivity contribution in [3.8, 4) is 22.6 Å². The van der Waals surface area contributed by atoms with Crippen molar-refractivity contribution >= 4 is 22.7 Å². The van der Waals surface area contributed by atoms with Crippen molar-refractivity contribution in [2.45, 2.75) is 39.2 Å². The van der Waals surface area contributed by atoms with Crippen molar-refractivity contribution in [1.29, 1.82) is 0 Å². The molecule has 1 aliphatic heterocycles. The van der Waals surface area contributed by atoms with E-state index in [0.29, 0.717) is 0 Å². The van der Waals surface area contributed by atoms with E-state index in [1.54, 1.807) is 14.2 Å². The molecule has 184 valence electrons. The van der Waals surface area contributed by atoms with Crippen LogP contribution in [0.1, 0.15) is 50.4 Å². The van der Waals surface area contributed by atoms with Gasteiger partial charge in [0.2, 0.25) is 0 Å². The largest absolute Gasteiger partial charge is 0.496 e. The van der Waals surface area contributed by atoms with Gasteiger partial charge in [-0.2, -0.15) is 0 Å². The van der Waals surface area contributed by atoms with Crippen LogP contribution in [0.4, 0.5) is 5.69 Å². The quantitative estimate of drug-likeness (QED) is 0.305. The van der Waals surface area contributed by atoms with Gasteiger partial charge in [-0.05, 0) is 35.6 Å². The number of hydrogen-bond donors (Lipinski definition) is 1. The molecular weight excluding hydrogens is 444 g/mol. The van der Waals surface area contributed by atoms with E-state index < -0.39 is 5.54 Å². The first kappa shape index (κ1) is 23.9. The van der Waals surface area contributed by atoms with Crippen LogP contribution in [0.2, 0.25) is 0 Å². The number of nitrogens with one attached hydrogen (secondary N) is 1. The van der Waals surface area contributed by atoms with Gasteiger partial charge in [0.05, 0.1) is 36.7 Å². The molecule has 3 aromatic carbocycles. The average Bonchev–Trinajstić information content (AvgIpc) is 2.91. The van der Waals surface area contributed by atoms with Crippen molar-refractivity contribution < 1.29 is 9.47 Å². The summed E-state index contributed by atoms with van der Waals surface area (Å²) in [6, 6.07) is 23.0. The fourth-order valence-corrected chi connectivity index (χ4v) is 5.32. The SMILES string of the molecule is COc1ccccc1-c1cc2ccc3c(c2nc1C(C)C)NC(c1ccccc1OC)(C(C)C)C=C3. The second-order valence-electron chi connectivity index (χ2n) is 10.1. The van der Waals surface area contributed by atoms with Gasteiger partial charge in [-0.15, -0.1) is 0 Å². The maximum Gasteiger partial charge on any atom is 0.126 e. The number of nitrogens with zero attached hydrogens (tertiary/aromatic N) is 1. The molecule has 0 aliphatic carbocycles. The minimum atomic E-state index is -0.422. The Morgan fingerprint density at radius 1 is 0.806 bits per heavy atom. The van der Waals surface area contributed by atoms with E-state index in [1.165, 1.54) is 0 Å². The molecule has 2 heterocycles. The van der Waals surface area contributed by atoms with Crippen LogP contribution < -0.4 is 14.8 Å². The predicted octanol–water partition coefficient (Wildman–Crippen LogP) is 8.03. The van der Waals surface area contributed by atoms with E-state index in [1.807, 2.05) is 24.3 Å². The van der Waals surface area contributed by atoms with Crippen molar-refractivity contribution in [3.63, 3.8) is 0 Å². The molecule has 0 saturated heterocycles. The van der Waals surface area contributed by atoms with Crippen LogP contribution in [-0.2, 0) is 5.54 Å². The van der Waals surface area contributed by atoms with Crippen LogP contribution in [0.15, 0.2) is 72.8 Å². The van der Waals surface area contributed by atoms with Crippen LogP contribution in [0.3, 0.4) is 0 Å². The lowest BCUT2D eigenvalue weighted by Gasteiger charge is -2.41. The van der Waals surface area contributed by atoms with Gasteiger partial charge in [-0.25, -0.2) is 4.98 Å². The van der Waals surface area contributed by atoms with Gasteiger partial charge < -0.3 is 14.8 Å². The lowest BCUT2D eigenvalue weighted by atomic mass is 9.76. The Bertz CT molecular complexity index is 1450. The summed E-state index contributed by atoms with van der Waals surface area (Å²) in [6.07, 6.45) is 4.50. The van der Waals surface area contributed by atoms with Gasteiger partial charge in [0, 0.05) is 22.1 Å². The Morgan fingerprint density at radius 2 is 1.50 bits per heavy atom. The highest BCUT2D eigenvalue weighted by molar-refractivity contribution is 5.99. The first-order valence-corrected chi connectivity index (χ1v) is 12.6.